The quantitative estimate of drug-likeness (QED) is 0.829. The second-order valence-corrected chi connectivity index (χ2v) is 6.39. The highest BCUT2D eigenvalue weighted by Gasteiger charge is 2.20. The average Bonchev–Trinajstić information content (AvgIpc) is 2.41. The van der Waals surface area contributed by atoms with Crippen molar-refractivity contribution in [2.24, 2.45) is 0 Å². The predicted molar refractivity (Wildman–Crippen MR) is 88.1 cm³/mol. The summed E-state index contributed by atoms with van der Waals surface area (Å²) in [5, 5.41) is 3.42. The van der Waals surface area contributed by atoms with Crippen LogP contribution < -0.4 is 5.32 Å². The zero-order chi connectivity index (χ0) is 13.9. The Morgan fingerprint density at radius 3 is 2.30 bits per heavy atom. The number of halogens is 1. The Balaban J connectivity index is 1.87. The summed E-state index contributed by atoms with van der Waals surface area (Å²) in [6.45, 7) is 0. The third kappa shape index (κ3) is 2.68. The normalized spacial score (nSPS) is 16.7. The fourth-order valence-electron chi connectivity index (χ4n) is 2.91. The zero-order valence-corrected chi connectivity index (χ0v) is 13.4. The van der Waals surface area contributed by atoms with Gasteiger partial charge in [-0.05, 0) is 48.6 Å². The molecule has 1 N–H and O–H groups in total. The third-order valence-corrected chi connectivity index (χ3v) is 5.07. The Labute approximate surface area is 129 Å². The van der Waals surface area contributed by atoms with Crippen LogP contribution in [0.1, 0.15) is 47.9 Å². The van der Waals surface area contributed by atoms with Gasteiger partial charge >= 0.3 is 0 Å². The van der Waals surface area contributed by atoms with Crippen LogP contribution in [-0.4, -0.2) is 7.05 Å². The van der Waals surface area contributed by atoms with E-state index < -0.39 is 0 Å². The highest BCUT2D eigenvalue weighted by atomic mass is 79.9. The molecule has 0 amide bonds. The maximum Gasteiger partial charge on any atom is 0.0585 e. The van der Waals surface area contributed by atoms with E-state index in [0.717, 1.165) is 10.4 Å². The molecule has 0 spiro atoms. The Morgan fingerprint density at radius 1 is 1.05 bits per heavy atom. The summed E-state index contributed by atoms with van der Waals surface area (Å²) in [6.07, 6.45) is 4.11. The van der Waals surface area contributed by atoms with Gasteiger partial charge in [-0.3, -0.25) is 0 Å². The van der Waals surface area contributed by atoms with Crippen LogP contribution in [0, 0.1) is 0 Å². The lowest BCUT2D eigenvalue weighted by Gasteiger charge is -2.26. The molecule has 2 heteroatoms. The zero-order valence-electron chi connectivity index (χ0n) is 11.8. The number of nitrogens with one attached hydrogen (secondary N) is 1. The minimum Gasteiger partial charge on any atom is -0.309 e. The molecule has 3 rings (SSSR count). The molecule has 1 atom stereocenters. The second-order valence-electron chi connectivity index (χ2n) is 5.54. The molecule has 1 aliphatic carbocycles. The van der Waals surface area contributed by atoms with Crippen LogP contribution in [0.25, 0.3) is 0 Å². The lowest BCUT2D eigenvalue weighted by atomic mass is 9.79. The highest BCUT2D eigenvalue weighted by Crippen LogP contribution is 2.37. The van der Waals surface area contributed by atoms with Gasteiger partial charge in [-0.2, -0.15) is 0 Å². The van der Waals surface area contributed by atoms with Crippen LogP contribution in [-0.2, 0) is 0 Å². The average molecular weight is 330 g/mol. The van der Waals surface area contributed by atoms with Crippen molar-refractivity contribution in [3.63, 3.8) is 0 Å². The van der Waals surface area contributed by atoms with E-state index in [1.54, 1.807) is 0 Å². The van der Waals surface area contributed by atoms with Gasteiger partial charge in [0.05, 0.1) is 6.04 Å². The fraction of sp³-hybridized carbons (Fsp3) is 0.333. The lowest BCUT2D eigenvalue weighted by Crippen LogP contribution is -2.18. The van der Waals surface area contributed by atoms with E-state index in [0.29, 0.717) is 0 Å². The van der Waals surface area contributed by atoms with Crippen molar-refractivity contribution in [1.82, 2.24) is 5.32 Å². The first-order chi connectivity index (χ1) is 9.79. The summed E-state index contributed by atoms with van der Waals surface area (Å²) in [5.74, 6) is 0.806. The maximum absolute atomic E-state index is 3.65. The minimum atomic E-state index is 0.237. The Hall–Kier alpha value is -1.12. The molecule has 0 aliphatic heterocycles. The number of hydrogen-bond acceptors (Lipinski definition) is 1. The first-order valence-corrected chi connectivity index (χ1v) is 8.10. The molecular formula is C18H20BrN. The lowest BCUT2D eigenvalue weighted by molar-refractivity contribution is 0.419. The summed E-state index contributed by atoms with van der Waals surface area (Å²) in [6, 6.07) is 17.8. The molecule has 104 valence electrons. The number of hydrogen-bond donors (Lipinski definition) is 1. The summed E-state index contributed by atoms with van der Waals surface area (Å²) in [4.78, 5) is 0. The smallest absolute Gasteiger partial charge is 0.0585 e. The standard InChI is InChI=1S/C18H20BrN/c1-20-18(16-7-2-3-8-17(16)19)15-11-9-14(10-12-15)13-5-4-6-13/h2-3,7-13,18,20H,4-6H2,1H3. The SMILES string of the molecule is CNC(c1ccc(C2CCC2)cc1)c1ccccc1Br. The van der Waals surface area contributed by atoms with Crippen LogP contribution in [0.4, 0.5) is 0 Å². The minimum absolute atomic E-state index is 0.237. The maximum atomic E-state index is 3.65. The topological polar surface area (TPSA) is 12.0 Å². The predicted octanol–water partition coefficient (Wildman–Crippen LogP) is 5.03. The van der Waals surface area contributed by atoms with Crippen molar-refractivity contribution in [2.45, 2.75) is 31.2 Å². The molecule has 1 aliphatic rings. The van der Waals surface area contributed by atoms with Crippen molar-refractivity contribution >= 4 is 15.9 Å². The molecule has 0 aromatic heterocycles. The molecule has 2 aromatic rings. The van der Waals surface area contributed by atoms with E-state index in [2.05, 4.69) is 69.8 Å². The number of benzene rings is 2. The monoisotopic (exact) mass is 329 g/mol. The van der Waals surface area contributed by atoms with Gasteiger partial charge < -0.3 is 5.32 Å². The van der Waals surface area contributed by atoms with Gasteiger partial charge in [0, 0.05) is 4.47 Å². The van der Waals surface area contributed by atoms with Crippen LogP contribution >= 0.6 is 15.9 Å². The Morgan fingerprint density at radius 2 is 1.75 bits per heavy atom. The molecule has 0 radical (unpaired) electrons. The first-order valence-electron chi connectivity index (χ1n) is 7.31. The van der Waals surface area contributed by atoms with Gasteiger partial charge in [-0.25, -0.2) is 0 Å². The fourth-order valence-corrected chi connectivity index (χ4v) is 3.43. The highest BCUT2D eigenvalue weighted by molar-refractivity contribution is 9.10. The van der Waals surface area contributed by atoms with Crippen molar-refractivity contribution < 1.29 is 0 Å². The summed E-state index contributed by atoms with van der Waals surface area (Å²) in [7, 11) is 2.02. The molecule has 1 nitrogen and oxygen atoms in total. The van der Waals surface area contributed by atoms with Crippen LogP contribution in [0.3, 0.4) is 0 Å². The molecule has 0 heterocycles. The second kappa shape index (κ2) is 6.11. The molecule has 0 bridgehead atoms. The Kier molecular flexibility index (Phi) is 4.23. The van der Waals surface area contributed by atoms with Gasteiger partial charge in [0.2, 0.25) is 0 Å². The summed E-state index contributed by atoms with van der Waals surface area (Å²) < 4.78 is 1.16. The van der Waals surface area contributed by atoms with Crippen molar-refractivity contribution in [2.75, 3.05) is 7.05 Å². The van der Waals surface area contributed by atoms with Crippen molar-refractivity contribution in [3.05, 3.63) is 69.7 Å². The van der Waals surface area contributed by atoms with Gasteiger partial charge in [-0.15, -0.1) is 0 Å². The molecule has 1 fully saturated rings. The van der Waals surface area contributed by atoms with Gasteiger partial charge in [0.15, 0.2) is 0 Å². The van der Waals surface area contributed by atoms with Crippen LogP contribution in [0.5, 0.6) is 0 Å². The van der Waals surface area contributed by atoms with Gasteiger partial charge in [0.25, 0.3) is 0 Å². The van der Waals surface area contributed by atoms with Gasteiger partial charge in [0.1, 0.15) is 0 Å². The molecule has 1 saturated carbocycles. The van der Waals surface area contributed by atoms with E-state index in [4.69, 9.17) is 0 Å². The van der Waals surface area contributed by atoms with Gasteiger partial charge in [-0.1, -0.05) is 64.8 Å². The summed E-state index contributed by atoms with van der Waals surface area (Å²) >= 11 is 3.65. The van der Waals surface area contributed by atoms with E-state index in [1.807, 2.05) is 7.05 Å². The third-order valence-electron chi connectivity index (χ3n) is 4.35. The van der Waals surface area contributed by atoms with Crippen molar-refractivity contribution in [1.29, 1.82) is 0 Å². The summed E-state index contributed by atoms with van der Waals surface area (Å²) in [5.41, 5.74) is 4.11. The van der Waals surface area contributed by atoms with Crippen LogP contribution in [0.15, 0.2) is 53.0 Å². The molecule has 1 unspecified atom stereocenters. The van der Waals surface area contributed by atoms with Crippen LogP contribution in [0.2, 0.25) is 0 Å². The van der Waals surface area contributed by atoms with E-state index >= 15 is 0 Å². The van der Waals surface area contributed by atoms with E-state index in [-0.39, 0.29) is 6.04 Å². The van der Waals surface area contributed by atoms with E-state index in [1.165, 1.54) is 36.0 Å². The molecular weight excluding hydrogens is 310 g/mol. The number of rotatable bonds is 4. The first kappa shape index (κ1) is 13.8. The largest absolute Gasteiger partial charge is 0.309 e. The molecule has 2 aromatic carbocycles. The van der Waals surface area contributed by atoms with Crippen molar-refractivity contribution in [3.8, 4) is 0 Å². The molecule has 0 saturated heterocycles. The van der Waals surface area contributed by atoms with E-state index in [9.17, 15) is 0 Å². The molecule has 20 heavy (non-hydrogen) atoms. The Bertz CT molecular complexity index is 572.